The van der Waals surface area contributed by atoms with Crippen LogP contribution in [0.3, 0.4) is 0 Å². The molecule has 68 heavy (non-hydrogen) atoms. The summed E-state index contributed by atoms with van der Waals surface area (Å²) in [6.07, 6.45) is 0. The van der Waals surface area contributed by atoms with E-state index in [1.54, 1.807) is 0 Å². The average molecular weight is 1200 g/mol. The van der Waals surface area contributed by atoms with Crippen LogP contribution in [0.5, 0.6) is 0 Å². The van der Waals surface area contributed by atoms with Crippen LogP contribution in [0.2, 0.25) is 0 Å². The molecule has 0 atom stereocenters. The third-order valence-corrected chi connectivity index (χ3v) is 4.67. The summed E-state index contributed by atoms with van der Waals surface area (Å²) < 4.78 is 0. The Labute approximate surface area is 418 Å². The van der Waals surface area contributed by atoms with Gasteiger partial charge in [-0.05, 0) is 48.5 Å². The molecule has 40 heteroatoms. The van der Waals surface area contributed by atoms with Crippen molar-refractivity contribution in [1.29, 1.82) is 0 Å². The van der Waals surface area contributed by atoms with Crippen molar-refractivity contribution >= 4 is 47.8 Å². The van der Waals surface area contributed by atoms with Crippen LogP contribution in [0.4, 0.5) is 0 Å². The molecule has 0 spiro atoms. The molecule has 4 aromatic heterocycles. The Hall–Kier alpha value is -6.25. The summed E-state index contributed by atoms with van der Waals surface area (Å²) in [6.45, 7) is 0. The van der Waals surface area contributed by atoms with Gasteiger partial charge in [-0.15, -0.1) is 0 Å². The number of hydrogen-bond acceptors (Lipinski definition) is 20. The molecule has 4 heterocycles. The molecular formula is C28H56Co4N4O32+12. The van der Waals surface area contributed by atoms with E-state index in [0.717, 1.165) is 48.5 Å². The Kier molecular flexibility index (Phi) is 125. The molecule has 44 N–H and O–H groups in total. The van der Waals surface area contributed by atoms with Crippen LogP contribution < -0.4 is 40.9 Å². The molecule has 4 aromatic rings. The van der Waals surface area contributed by atoms with Gasteiger partial charge in [0.1, 0.15) is 0 Å². The Balaban J connectivity index is -0.0000000229. The summed E-state index contributed by atoms with van der Waals surface area (Å²) in [5.41, 5.74) is -3.36. The minimum Gasteiger partial charge on any atom is -0.543 e. The number of aromatic carboxylic acids is 8. The third-order valence-electron chi connectivity index (χ3n) is 4.67. The number of nitrogens with zero attached hydrogens (tertiary/aromatic N) is 4. The molecule has 404 valence electrons. The van der Waals surface area contributed by atoms with Crippen LogP contribution in [-0.2, 0) is 133 Å². The van der Waals surface area contributed by atoms with Gasteiger partial charge in [0.05, 0.1) is 93.3 Å². The van der Waals surface area contributed by atoms with Crippen molar-refractivity contribution < 1.29 is 234 Å². The number of pyridine rings is 4. The summed E-state index contributed by atoms with van der Waals surface area (Å²) >= 11 is 0. The van der Waals surface area contributed by atoms with Crippen molar-refractivity contribution in [3.8, 4) is 0 Å². The predicted molar refractivity (Wildman–Crippen MR) is 205 cm³/mol. The molecule has 0 saturated heterocycles. The number of aromatic nitrogens is 4. The van der Waals surface area contributed by atoms with E-state index >= 15 is 0 Å². The second kappa shape index (κ2) is 65.0. The number of carbonyl (C=O) groups is 8. The van der Waals surface area contributed by atoms with E-state index in [1.807, 2.05) is 0 Å². The average Bonchev–Trinajstić information content (AvgIpc) is 3.05. The normalized spacial score (nSPS) is 6.59. The van der Waals surface area contributed by atoms with Crippen LogP contribution in [0.25, 0.3) is 0 Å². The summed E-state index contributed by atoms with van der Waals surface area (Å²) in [5, 5.41) is 81.5. The topological polar surface area (TPSA) is 895 Å². The van der Waals surface area contributed by atoms with Crippen molar-refractivity contribution in [3.63, 3.8) is 0 Å². The Morgan fingerprint density at radius 3 is 0.368 bits per heavy atom. The standard InChI is InChI=1S/4C7H5NO4.4Co.16H2O/c4*9-6(10)4-2-1-3-5(8-4)7(11)12;;;;;;;;;;;;;;;;;;;;/h4*1-3H,(H,9,10)(H,11,12);;;;;16*1H2/q;;;;4*+2;;;;;;;;;;;;;;;;/p+4. The number of hydrogen-bond donors (Lipinski definition) is 0. The van der Waals surface area contributed by atoms with Crippen molar-refractivity contribution in [2.45, 2.75) is 0 Å². The minimum absolute atomic E-state index is 0. The quantitative estimate of drug-likeness (QED) is 0.148. The third kappa shape index (κ3) is 47.7. The maximum Gasteiger partial charge on any atom is 2.00 e. The van der Waals surface area contributed by atoms with E-state index in [0.29, 0.717) is 0 Å². The van der Waals surface area contributed by atoms with Crippen molar-refractivity contribution in [2.75, 3.05) is 0 Å². The number of carboxylic acid groups (broad SMARTS) is 8. The van der Waals surface area contributed by atoms with E-state index in [-0.39, 0.29) is 155 Å². The predicted octanol–water partition coefficient (Wildman–Crippen LogP) is -23.1. The zero-order valence-corrected chi connectivity index (χ0v) is 37.7. The Morgan fingerprint density at radius 2 is 0.309 bits per heavy atom. The molecule has 0 aliphatic heterocycles. The Morgan fingerprint density at radius 1 is 0.235 bits per heavy atom. The molecule has 36 nitrogen and oxygen atoms in total. The van der Waals surface area contributed by atoms with Gasteiger partial charge in [-0.3, -0.25) is 0 Å². The van der Waals surface area contributed by atoms with E-state index in [2.05, 4.69) is 19.9 Å². The maximum absolute atomic E-state index is 10.2. The zero-order chi connectivity index (χ0) is 36.6. The summed E-state index contributed by atoms with van der Waals surface area (Å²) in [5.74, 6) is -12.1. The number of carbonyl (C=O) groups excluding carboxylic acids is 8. The minimum atomic E-state index is -1.52. The first-order valence-corrected chi connectivity index (χ1v) is 12.0. The monoisotopic (exact) mass is 1200 g/mol. The van der Waals surface area contributed by atoms with Crippen LogP contribution in [0, 0.1) is 0 Å². The molecule has 0 fully saturated rings. The van der Waals surface area contributed by atoms with Gasteiger partial charge in [0, 0.05) is 0 Å². The number of rotatable bonds is 8. The fraction of sp³-hybridized carbons (Fsp3) is 0. The van der Waals surface area contributed by atoms with Crippen LogP contribution in [0.1, 0.15) is 83.9 Å². The van der Waals surface area contributed by atoms with Crippen molar-refractivity contribution in [1.82, 2.24) is 19.9 Å². The number of carboxylic acids is 8. The van der Waals surface area contributed by atoms with Crippen molar-refractivity contribution in [3.05, 3.63) is 118 Å². The first-order chi connectivity index (χ1) is 22.4. The maximum atomic E-state index is 10.2. The van der Waals surface area contributed by atoms with Gasteiger partial charge >= 0.3 is 67.1 Å². The van der Waals surface area contributed by atoms with E-state index in [1.165, 1.54) is 24.3 Å². The van der Waals surface area contributed by atoms with Gasteiger partial charge in [-0.1, -0.05) is 24.3 Å². The van der Waals surface area contributed by atoms with Crippen molar-refractivity contribution in [2.24, 2.45) is 0 Å². The van der Waals surface area contributed by atoms with E-state index in [4.69, 9.17) is 0 Å². The first kappa shape index (κ1) is 131. The van der Waals surface area contributed by atoms with E-state index in [9.17, 15) is 79.2 Å². The molecule has 0 unspecified atom stereocenters. The molecule has 4 rings (SSSR count). The summed E-state index contributed by atoms with van der Waals surface area (Å²) in [7, 11) is 0. The molecule has 0 aliphatic carbocycles. The molecule has 0 amide bonds. The second-order valence-electron chi connectivity index (χ2n) is 7.93. The van der Waals surface area contributed by atoms with Gasteiger partial charge < -0.3 is 167 Å². The largest absolute Gasteiger partial charge is 2.00 e. The van der Waals surface area contributed by atoms with Gasteiger partial charge in [0.15, 0.2) is 0 Å². The van der Waals surface area contributed by atoms with Gasteiger partial charge in [-0.2, -0.15) is 0 Å². The molecule has 0 bridgehead atoms. The van der Waals surface area contributed by atoms with Crippen LogP contribution >= 0.6 is 0 Å². The van der Waals surface area contributed by atoms with Crippen LogP contribution in [-0.4, -0.2) is 89.6 Å². The molecule has 0 saturated carbocycles. The zero-order valence-electron chi connectivity index (χ0n) is 33.5. The van der Waals surface area contributed by atoms with Crippen LogP contribution in [0.15, 0.2) is 72.8 Å². The molecule has 0 aromatic carbocycles. The molecular weight excluding hydrogens is 1140 g/mol. The molecule has 4 radical (unpaired) electrons. The van der Waals surface area contributed by atoms with Gasteiger partial charge in [-0.25, -0.2) is 19.9 Å². The summed E-state index contributed by atoms with van der Waals surface area (Å²) in [6, 6.07) is 14.1. The smallest absolute Gasteiger partial charge is 0.543 e. The SMILES string of the molecule is O.O.O.O.O=C([O-])c1cccc(C(=O)[O-])n1.O=C([O-])c1cccc(C(=O)[O-])n1.O=C([O-])c1cccc(C(=O)[O-])n1.O=C([O-])c1cccc(C(=O)[O-])n1.[Co+2].[Co+2].[Co+2].[Co+2].[OH3+].[OH3+].[OH3+].[OH3+].[OH3+].[OH3+].[OH3+].[OH3+].[OH3+].[OH3+].[OH3+].[OH3+]. The summed E-state index contributed by atoms with van der Waals surface area (Å²) in [4.78, 5) is 94.5. The van der Waals surface area contributed by atoms with Gasteiger partial charge in [0.2, 0.25) is 0 Å². The fourth-order valence-corrected chi connectivity index (χ4v) is 2.65. The molecule has 0 aliphatic rings. The second-order valence-corrected chi connectivity index (χ2v) is 7.93. The first-order valence-electron chi connectivity index (χ1n) is 12.0. The van der Waals surface area contributed by atoms with Gasteiger partial charge in [0.25, 0.3) is 0 Å². The fourth-order valence-electron chi connectivity index (χ4n) is 2.65. The van der Waals surface area contributed by atoms with E-state index < -0.39 is 93.3 Å². The Bertz CT molecular complexity index is 1530.